The summed E-state index contributed by atoms with van der Waals surface area (Å²) in [6.07, 6.45) is -0.0343. The van der Waals surface area contributed by atoms with Crippen LogP contribution in [0.25, 0.3) is 0 Å². The van der Waals surface area contributed by atoms with E-state index in [2.05, 4.69) is 18.8 Å². The molecule has 1 spiro atoms. The molecule has 0 aromatic heterocycles. The van der Waals surface area contributed by atoms with Crippen LogP contribution in [0.4, 0.5) is 0 Å². The van der Waals surface area contributed by atoms with Gasteiger partial charge in [0.25, 0.3) is 0 Å². The fourth-order valence-electron chi connectivity index (χ4n) is 3.00. The van der Waals surface area contributed by atoms with Crippen molar-refractivity contribution in [2.24, 2.45) is 16.8 Å². The number of carbonyl (C=O) groups is 1. The predicted octanol–water partition coefficient (Wildman–Crippen LogP) is 2.33. The number of rotatable bonds is 3. The molecule has 3 atom stereocenters. The van der Waals surface area contributed by atoms with Gasteiger partial charge in [0, 0.05) is 5.56 Å². The highest BCUT2D eigenvalue weighted by atomic mass is 16.5. The monoisotopic (exact) mass is 259 g/mol. The molecule has 4 heteroatoms. The predicted molar refractivity (Wildman–Crippen MR) is 71.2 cm³/mol. The Morgan fingerprint density at radius 3 is 2.63 bits per heavy atom. The summed E-state index contributed by atoms with van der Waals surface area (Å²) in [6, 6.07) is 9.49. The zero-order chi connectivity index (χ0) is 13.6. The molecule has 1 aromatic carbocycles. The second kappa shape index (κ2) is 4.08. The molecule has 3 unspecified atom stereocenters. The number of hydrogen-bond donors (Lipinski definition) is 1. The van der Waals surface area contributed by atoms with Crippen LogP contribution in [0.3, 0.4) is 0 Å². The zero-order valence-corrected chi connectivity index (χ0v) is 11.0. The number of carboxylic acids is 1. The molecule has 0 bridgehead atoms. The minimum absolute atomic E-state index is 0.301. The molecule has 0 radical (unpaired) electrons. The van der Waals surface area contributed by atoms with E-state index in [1.807, 2.05) is 30.3 Å². The number of aliphatic carboxylic acids is 1. The SMILES string of the molecule is CC(C)C1CC12N=C(c1ccccc1)OC2C(=O)O. The first kappa shape index (κ1) is 12.2. The molecular weight excluding hydrogens is 242 g/mol. The Balaban J connectivity index is 1.94. The van der Waals surface area contributed by atoms with Crippen molar-refractivity contribution in [3.63, 3.8) is 0 Å². The quantitative estimate of drug-likeness (QED) is 0.906. The van der Waals surface area contributed by atoms with Crippen molar-refractivity contribution >= 4 is 11.9 Å². The number of hydrogen-bond acceptors (Lipinski definition) is 3. The van der Waals surface area contributed by atoms with Crippen molar-refractivity contribution in [2.75, 3.05) is 0 Å². The lowest BCUT2D eigenvalue weighted by Crippen LogP contribution is -2.35. The van der Waals surface area contributed by atoms with E-state index in [9.17, 15) is 9.90 Å². The molecule has 3 rings (SSSR count). The Morgan fingerprint density at radius 2 is 2.11 bits per heavy atom. The molecule has 100 valence electrons. The standard InChI is InChI=1S/C15H17NO3/c1-9(2)11-8-15(11)12(14(17)18)19-13(16-15)10-6-4-3-5-7-10/h3-7,9,11-12H,8H2,1-2H3,(H,17,18). The third-order valence-corrected chi connectivity index (χ3v) is 4.07. The molecule has 19 heavy (non-hydrogen) atoms. The molecule has 1 saturated carbocycles. The van der Waals surface area contributed by atoms with Gasteiger partial charge in [-0.3, -0.25) is 0 Å². The van der Waals surface area contributed by atoms with E-state index < -0.39 is 17.6 Å². The Bertz CT molecular complexity index is 538. The van der Waals surface area contributed by atoms with E-state index >= 15 is 0 Å². The largest absolute Gasteiger partial charge is 0.478 e. The Kier molecular flexibility index (Phi) is 2.62. The van der Waals surface area contributed by atoms with Crippen molar-refractivity contribution < 1.29 is 14.6 Å². The average molecular weight is 259 g/mol. The summed E-state index contributed by atoms with van der Waals surface area (Å²) in [5.74, 6) is 0.271. The highest BCUT2D eigenvalue weighted by Gasteiger charge is 2.67. The molecule has 1 aromatic rings. The van der Waals surface area contributed by atoms with E-state index in [0.29, 0.717) is 17.7 Å². The van der Waals surface area contributed by atoms with Crippen LogP contribution in [-0.4, -0.2) is 28.6 Å². The normalized spacial score (nSPS) is 32.3. The molecule has 1 aliphatic heterocycles. The average Bonchev–Trinajstić information content (AvgIpc) is 2.95. The lowest BCUT2D eigenvalue weighted by Gasteiger charge is -2.14. The molecule has 1 fully saturated rings. The highest BCUT2D eigenvalue weighted by molar-refractivity contribution is 5.98. The van der Waals surface area contributed by atoms with Gasteiger partial charge < -0.3 is 9.84 Å². The molecular formula is C15H17NO3. The number of nitrogens with zero attached hydrogens (tertiary/aromatic N) is 1. The molecule has 4 nitrogen and oxygen atoms in total. The smallest absolute Gasteiger partial charge is 0.347 e. The number of benzene rings is 1. The van der Waals surface area contributed by atoms with E-state index in [1.54, 1.807) is 0 Å². The van der Waals surface area contributed by atoms with Crippen molar-refractivity contribution in [2.45, 2.75) is 31.9 Å². The molecule has 1 N–H and O–H groups in total. The fraction of sp³-hybridized carbons (Fsp3) is 0.467. The van der Waals surface area contributed by atoms with Gasteiger partial charge in [-0.2, -0.15) is 0 Å². The Hall–Kier alpha value is -1.84. The minimum Gasteiger partial charge on any atom is -0.478 e. The van der Waals surface area contributed by atoms with Crippen LogP contribution in [0.2, 0.25) is 0 Å². The first-order chi connectivity index (χ1) is 9.04. The Labute approximate surface area is 112 Å². The van der Waals surface area contributed by atoms with Gasteiger partial charge in [0.1, 0.15) is 5.54 Å². The summed E-state index contributed by atoms with van der Waals surface area (Å²) in [5.41, 5.74) is 0.311. The highest BCUT2D eigenvalue weighted by Crippen LogP contribution is 2.57. The van der Waals surface area contributed by atoms with Crippen molar-refractivity contribution in [1.29, 1.82) is 0 Å². The first-order valence-corrected chi connectivity index (χ1v) is 6.59. The Morgan fingerprint density at radius 1 is 1.42 bits per heavy atom. The summed E-state index contributed by atoms with van der Waals surface area (Å²) >= 11 is 0. The molecule has 1 heterocycles. The first-order valence-electron chi connectivity index (χ1n) is 6.59. The number of ether oxygens (including phenoxy) is 1. The van der Waals surface area contributed by atoms with Crippen molar-refractivity contribution in [3.8, 4) is 0 Å². The number of carboxylic acid groups (broad SMARTS) is 1. The second-order valence-corrected chi connectivity index (χ2v) is 5.66. The molecule has 2 aliphatic rings. The van der Waals surface area contributed by atoms with Crippen LogP contribution in [0.5, 0.6) is 0 Å². The van der Waals surface area contributed by atoms with E-state index in [-0.39, 0.29) is 0 Å². The van der Waals surface area contributed by atoms with E-state index in [4.69, 9.17) is 4.74 Å². The maximum absolute atomic E-state index is 11.4. The van der Waals surface area contributed by atoms with Gasteiger partial charge >= 0.3 is 5.97 Å². The van der Waals surface area contributed by atoms with Crippen molar-refractivity contribution in [1.82, 2.24) is 0 Å². The molecule has 0 amide bonds. The van der Waals surface area contributed by atoms with Gasteiger partial charge in [-0.05, 0) is 30.4 Å². The van der Waals surface area contributed by atoms with Gasteiger partial charge in [0.05, 0.1) is 0 Å². The van der Waals surface area contributed by atoms with Crippen LogP contribution in [0.1, 0.15) is 25.8 Å². The van der Waals surface area contributed by atoms with Gasteiger partial charge in [-0.15, -0.1) is 0 Å². The summed E-state index contributed by atoms with van der Waals surface area (Å²) < 4.78 is 5.62. The minimum atomic E-state index is -0.919. The van der Waals surface area contributed by atoms with E-state index in [1.165, 1.54) is 0 Å². The van der Waals surface area contributed by atoms with Gasteiger partial charge in [-0.25, -0.2) is 9.79 Å². The van der Waals surface area contributed by atoms with Gasteiger partial charge in [0.2, 0.25) is 12.0 Å². The van der Waals surface area contributed by atoms with Gasteiger partial charge in [0.15, 0.2) is 0 Å². The lowest BCUT2D eigenvalue weighted by atomic mass is 10.0. The van der Waals surface area contributed by atoms with Crippen LogP contribution in [-0.2, 0) is 9.53 Å². The second-order valence-electron chi connectivity index (χ2n) is 5.66. The zero-order valence-electron chi connectivity index (χ0n) is 11.0. The van der Waals surface area contributed by atoms with Crippen LogP contribution < -0.4 is 0 Å². The number of aliphatic imine (C=N–C) groups is 1. The fourth-order valence-corrected chi connectivity index (χ4v) is 3.00. The summed E-state index contributed by atoms with van der Waals surface area (Å²) in [4.78, 5) is 16.0. The third kappa shape index (κ3) is 1.82. The van der Waals surface area contributed by atoms with Crippen LogP contribution in [0, 0.1) is 11.8 Å². The third-order valence-electron chi connectivity index (χ3n) is 4.07. The summed E-state index contributed by atoms with van der Waals surface area (Å²) in [5, 5.41) is 9.35. The molecule has 0 saturated heterocycles. The van der Waals surface area contributed by atoms with Crippen molar-refractivity contribution in [3.05, 3.63) is 35.9 Å². The maximum atomic E-state index is 11.4. The van der Waals surface area contributed by atoms with Gasteiger partial charge in [-0.1, -0.05) is 32.0 Å². The van der Waals surface area contributed by atoms with Crippen LogP contribution in [0.15, 0.2) is 35.3 Å². The van der Waals surface area contributed by atoms with E-state index in [0.717, 1.165) is 12.0 Å². The maximum Gasteiger partial charge on any atom is 0.347 e. The summed E-state index contributed by atoms with van der Waals surface area (Å²) in [7, 11) is 0. The molecule has 1 aliphatic carbocycles. The summed E-state index contributed by atoms with van der Waals surface area (Å²) in [6.45, 7) is 4.21. The lowest BCUT2D eigenvalue weighted by molar-refractivity contribution is -0.146. The topological polar surface area (TPSA) is 58.9 Å². The van der Waals surface area contributed by atoms with Crippen LogP contribution >= 0.6 is 0 Å².